The zero-order valence-corrected chi connectivity index (χ0v) is 31.9. The van der Waals surface area contributed by atoms with Crippen LogP contribution in [-0.4, -0.2) is 0 Å². The molecule has 0 spiro atoms. The number of para-hydroxylation sites is 1. The van der Waals surface area contributed by atoms with Gasteiger partial charge in [-0.25, -0.2) is 0 Å². The molecule has 0 amide bonds. The molecule has 9 aromatic carbocycles. The second-order valence-electron chi connectivity index (χ2n) is 15.7. The van der Waals surface area contributed by atoms with Crippen LogP contribution in [-0.2, 0) is 5.41 Å². The third kappa shape index (κ3) is 5.25. The molecule has 11 rings (SSSR count). The minimum absolute atomic E-state index is 0.151. The van der Waals surface area contributed by atoms with Gasteiger partial charge in [0, 0.05) is 27.6 Å². The summed E-state index contributed by atoms with van der Waals surface area (Å²) in [6.45, 7) is 4.71. The van der Waals surface area contributed by atoms with Crippen molar-refractivity contribution in [3.05, 3.63) is 211 Å². The molecule has 0 radical (unpaired) electrons. The summed E-state index contributed by atoms with van der Waals surface area (Å²) in [6.07, 6.45) is 0. The van der Waals surface area contributed by atoms with Crippen molar-refractivity contribution in [2.45, 2.75) is 19.3 Å². The van der Waals surface area contributed by atoms with Crippen molar-refractivity contribution >= 4 is 49.8 Å². The largest absolute Gasteiger partial charge is 0.455 e. The molecule has 1 aromatic heterocycles. The van der Waals surface area contributed by atoms with Crippen LogP contribution in [0.4, 0.5) is 17.1 Å². The summed E-state index contributed by atoms with van der Waals surface area (Å²) in [4.78, 5) is 2.47. The molecule has 1 aliphatic carbocycles. The Hall–Kier alpha value is -7.16. The summed E-state index contributed by atoms with van der Waals surface area (Å²) in [5, 5.41) is 4.57. The summed E-state index contributed by atoms with van der Waals surface area (Å²) in [6, 6.07) is 72.5. The molecule has 2 heteroatoms. The highest BCUT2D eigenvalue weighted by Crippen LogP contribution is 2.53. The van der Waals surface area contributed by atoms with Crippen molar-refractivity contribution in [2.24, 2.45) is 0 Å². The number of benzene rings is 9. The molecule has 1 heterocycles. The zero-order chi connectivity index (χ0) is 38.1. The molecule has 57 heavy (non-hydrogen) atoms. The minimum atomic E-state index is -0.151. The normalized spacial score (nSPS) is 12.9. The minimum Gasteiger partial charge on any atom is -0.455 e. The van der Waals surface area contributed by atoms with E-state index in [0.29, 0.717) is 0 Å². The van der Waals surface area contributed by atoms with Crippen LogP contribution in [0.2, 0.25) is 0 Å². The Balaban J connectivity index is 1.19. The Labute approximate surface area is 332 Å². The molecule has 2 nitrogen and oxygen atoms in total. The highest BCUT2D eigenvalue weighted by Gasteiger charge is 2.36. The smallest absolute Gasteiger partial charge is 0.143 e. The lowest BCUT2D eigenvalue weighted by atomic mass is 9.82. The van der Waals surface area contributed by atoms with E-state index >= 15 is 0 Å². The maximum absolute atomic E-state index is 7.06. The summed E-state index contributed by atoms with van der Waals surface area (Å²) in [5.41, 5.74) is 17.1. The van der Waals surface area contributed by atoms with Crippen molar-refractivity contribution in [3.8, 4) is 44.5 Å². The molecule has 0 aliphatic heterocycles. The van der Waals surface area contributed by atoms with Crippen LogP contribution in [0, 0.1) is 0 Å². The lowest BCUT2D eigenvalue weighted by Crippen LogP contribution is -2.17. The van der Waals surface area contributed by atoms with Gasteiger partial charge in [-0.1, -0.05) is 178 Å². The molecule has 10 aromatic rings. The monoisotopic (exact) mass is 729 g/mol. The Morgan fingerprint density at radius 1 is 0.404 bits per heavy atom. The molecule has 0 N–H and O–H groups in total. The number of fused-ring (bicyclic) bond motifs is 8. The van der Waals surface area contributed by atoms with Gasteiger partial charge in [-0.2, -0.15) is 0 Å². The highest BCUT2D eigenvalue weighted by molar-refractivity contribution is 6.26. The Morgan fingerprint density at radius 2 is 1.00 bits per heavy atom. The van der Waals surface area contributed by atoms with E-state index in [1.807, 2.05) is 0 Å². The number of hydrogen-bond acceptors (Lipinski definition) is 2. The molecular weight excluding hydrogens is 691 g/mol. The summed E-state index contributed by atoms with van der Waals surface area (Å²) >= 11 is 0. The van der Waals surface area contributed by atoms with Gasteiger partial charge in [-0.3, -0.25) is 0 Å². The third-order valence-corrected chi connectivity index (χ3v) is 12.1. The summed E-state index contributed by atoms with van der Waals surface area (Å²) in [7, 11) is 0. The van der Waals surface area contributed by atoms with E-state index in [4.69, 9.17) is 4.42 Å². The Kier molecular flexibility index (Phi) is 7.55. The lowest BCUT2D eigenvalue weighted by molar-refractivity contribution is 0.660. The molecule has 1 aliphatic rings. The number of furan rings is 1. The number of rotatable bonds is 6. The lowest BCUT2D eigenvalue weighted by Gasteiger charge is -2.30. The van der Waals surface area contributed by atoms with E-state index in [9.17, 15) is 0 Å². The van der Waals surface area contributed by atoms with Gasteiger partial charge in [-0.15, -0.1) is 0 Å². The van der Waals surface area contributed by atoms with Crippen LogP contribution in [0.5, 0.6) is 0 Å². The van der Waals surface area contributed by atoms with Crippen LogP contribution in [0.3, 0.4) is 0 Å². The average molecular weight is 730 g/mol. The second kappa shape index (κ2) is 13.0. The predicted octanol–water partition coefficient (Wildman–Crippen LogP) is 15.5. The Bertz CT molecular complexity index is 3140. The van der Waals surface area contributed by atoms with Gasteiger partial charge in [0.15, 0.2) is 0 Å². The molecule has 0 saturated carbocycles. The first kappa shape index (κ1) is 33.2. The fraction of sp³-hybridized carbons (Fsp3) is 0.0545. The average Bonchev–Trinajstić information content (AvgIpc) is 3.78. The quantitative estimate of drug-likeness (QED) is 0.169. The van der Waals surface area contributed by atoms with E-state index in [0.717, 1.165) is 55.7 Å². The molecule has 0 fully saturated rings. The number of hydrogen-bond donors (Lipinski definition) is 0. The molecule has 0 atom stereocenters. The van der Waals surface area contributed by atoms with Crippen LogP contribution >= 0.6 is 0 Å². The van der Waals surface area contributed by atoms with Gasteiger partial charge in [0.25, 0.3) is 0 Å². The van der Waals surface area contributed by atoms with Gasteiger partial charge < -0.3 is 9.32 Å². The van der Waals surface area contributed by atoms with Crippen molar-refractivity contribution < 1.29 is 4.42 Å². The fourth-order valence-electron chi connectivity index (χ4n) is 9.29. The van der Waals surface area contributed by atoms with Crippen LogP contribution in [0.1, 0.15) is 25.0 Å². The van der Waals surface area contributed by atoms with Crippen LogP contribution < -0.4 is 4.90 Å². The molecule has 270 valence electrons. The number of nitrogens with zero attached hydrogens (tertiary/aromatic N) is 1. The summed E-state index contributed by atoms with van der Waals surface area (Å²) < 4.78 is 7.06. The van der Waals surface area contributed by atoms with E-state index < -0.39 is 0 Å². The van der Waals surface area contributed by atoms with Crippen molar-refractivity contribution in [3.63, 3.8) is 0 Å². The predicted molar refractivity (Wildman–Crippen MR) is 240 cm³/mol. The molecular formula is C55H39NO. The van der Waals surface area contributed by atoms with E-state index in [-0.39, 0.29) is 5.41 Å². The standard InChI is InChI=1S/C55H39NO/c1-55(2)47-24-13-11-23-44(47)45-33-32-41(35-48(45)55)56(49-25-14-12-21-42(49)38-18-7-4-8-19-38)50-26-15-27-51-53(50)52-43-22-10-9-20-40(43)34-46(54(52)57-51)39-30-28-37(29-31-39)36-16-5-3-6-17-36/h3-35H,1-2H3. The van der Waals surface area contributed by atoms with Crippen molar-refractivity contribution in [1.82, 2.24) is 0 Å². The van der Waals surface area contributed by atoms with Crippen molar-refractivity contribution in [2.75, 3.05) is 4.90 Å². The van der Waals surface area contributed by atoms with E-state index in [1.165, 1.54) is 49.7 Å². The second-order valence-corrected chi connectivity index (χ2v) is 15.7. The van der Waals surface area contributed by atoms with Gasteiger partial charge >= 0.3 is 0 Å². The topological polar surface area (TPSA) is 16.4 Å². The van der Waals surface area contributed by atoms with E-state index in [2.05, 4.69) is 219 Å². The fourth-order valence-corrected chi connectivity index (χ4v) is 9.29. The van der Waals surface area contributed by atoms with E-state index in [1.54, 1.807) is 0 Å². The zero-order valence-electron chi connectivity index (χ0n) is 31.9. The first-order chi connectivity index (χ1) is 28.0. The van der Waals surface area contributed by atoms with Crippen LogP contribution in [0.25, 0.3) is 77.2 Å². The Morgan fingerprint density at radius 3 is 1.81 bits per heavy atom. The van der Waals surface area contributed by atoms with Gasteiger partial charge in [0.1, 0.15) is 11.2 Å². The molecule has 0 saturated heterocycles. The highest BCUT2D eigenvalue weighted by atomic mass is 16.3. The number of anilines is 3. The first-order valence-corrected chi connectivity index (χ1v) is 19.8. The maximum atomic E-state index is 7.06. The van der Waals surface area contributed by atoms with Crippen LogP contribution in [0.15, 0.2) is 205 Å². The molecule has 0 bridgehead atoms. The third-order valence-electron chi connectivity index (χ3n) is 12.1. The first-order valence-electron chi connectivity index (χ1n) is 19.8. The van der Waals surface area contributed by atoms with Gasteiger partial charge in [-0.05, 0) is 91.7 Å². The van der Waals surface area contributed by atoms with Gasteiger partial charge in [0.2, 0.25) is 0 Å². The maximum Gasteiger partial charge on any atom is 0.143 e. The van der Waals surface area contributed by atoms with Crippen molar-refractivity contribution in [1.29, 1.82) is 0 Å². The van der Waals surface area contributed by atoms with Gasteiger partial charge in [0.05, 0.1) is 16.8 Å². The SMILES string of the molecule is CC1(C)c2ccccc2-c2ccc(N(c3ccccc3-c3ccccc3)c3cccc4oc5c(-c6ccc(-c7ccccc7)cc6)cc6ccccc6c5c34)cc21. The molecule has 0 unspecified atom stereocenters. The summed E-state index contributed by atoms with van der Waals surface area (Å²) in [5.74, 6) is 0.